The van der Waals surface area contributed by atoms with E-state index >= 15 is 0 Å². The smallest absolute Gasteiger partial charge is 0.199 e. The van der Waals surface area contributed by atoms with Crippen LogP contribution in [0.3, 0.4) is 0 Å². The molecule has 0 aliphatic rings. The zero-order valence-corrected chi connectivity index (χ0v) is 9.38. The van der Waals surface area contributed by atoms with E-state index in [0.717, 1.165) is 5.52 Å². The van der Waals surface area contributed by atoms with Crippen molar-refractivity contribution >= 4 is 17.9 Å². The van der Waals surface area contributed by atoms with Gasteiger partial charge in [-0.05, 0) is 26.0 Å². The summed E-state index contributed by atoms with van der Waals surface area (Å²) in [7, 11) is 0. The molecule has 0 radical (unpaired) electrons. The number of nitrogens with zero attached hydrogens (tertiary/aromatic N) is 2. The van der Waals surface area contributed by atoms with Crippen molar-refractivity contribution in [2.75, 3.05) is 0 Å². The van der Waals surface area contributed by atoms with Crippen molar-refractivity contribution in [2.24, 2.45) is 5.73 Å². The Labute approximate surface area is 93.5 Å². The number of imidazole rings is 1. The molecule has 0 aliphatic carbocycles. The minimum absolute atomic E-state index is 0. The highest BCUT2D eigenvalue weighted by Crippen LogP contribution is 2.18. The van der Waals surface area contributed by atoms with Gasteiger partial charge in [0.2, 0.25) is 0 Å². The van der Waals surface area contributed by atoms with Gasteiger partial charge in [0.15, 0.2) is 5.95 Å². The van der Waals surface area contributed by atoms with E-state index in [9.17, 15) is 4.39 Å². The van der Waals surface area contributed by atoms with Crippen molar-refractivity contribution in [3.05, 3.63) is 36.2 Å². The zero-order valence-electron chi connectivity index (χ0n) is 8.57. The lowest BCUT2D eigenvalue weighted by molar-refractivity contribution is 0.478. The van der Waals surface area contributed by atoms with Crippen molar-refractivity contribution < 1.29 is 4.39 Å². The van der Waals surface area contributed by atoms with Gasteiger partial charge >= 0.3 is 0 Å². The summed E-state index contributed by atoms with van der Waals surface area (Å²) < 4.78 is 14.9. The van der Waals surface area contributed by atoms with Crippen LogP contribution in [0, 0.1) is 5.95 Å². The molecule has 5 heteroatoms. The summed E-state index contributed by atoms with van der Waals surface area (Å²) in [5.74, 6) is 0.194. The summed E-state index contributed by atoms with van der Waals surface area (Å²) in [4.78, 5) is 4.13. The molecular formula is C10H13ClFN3. The Kier molecular flexibility index (Phi) is 3.02. The van der Waals surface area contributed by atoms with Gasteiger partial charge in [0.25, 0.3) is 0 Å². The molecule has 0 aliphatic heterocycles. The number of hydrogen-bond donors (Lipinski definition) is 1. The van der Waals surface area contributed by atoms with E-state index in [-0.39, 0.29) is 18.4 Å². The maximum atomic E-state index is 13.5. The summed E-state index contributed by atoms with van der Waals surface area (Å²) >= 11 is 0. The largest absolute Gasteiger partial charge is 0.319 e. The predicted octanol–water partition coefficient (Wildman–Crippen LogP) is 2.09. The summed E-state index contributed by atoms with van der Waals surface area (Å²) in [5, 5.41) is 0. The number of hydrogen-bond acceptors (Lipinski definition) is 2. The molecule has 2 heterocycles. The molecule has 3 nitrogen and oxygen atoms in total. The fourth-order valence-electron chi connectivity index (χ4n) is 1.46. The van der Waals surface area contributed by atoms with Gasteiger partial charge in [0.1, 0.15) is 5.82 Å². The first-order chi connectivity index (χ1) is 6.50. The standard InChI is InChI=1S/C10H12FN3.ClH/c1-10(2,12)9-13-6-7-4-3-5-8(11)14(7)9;/h3-6H,12H2,1-2H3;1H. The number of fused-ring (bicyclic) bond motifs is 1. The Hall–Kier alpha value is -1.13. The van der Waals surface area contributed by atoms with E-state index in [1.165, 1.54) is 10.5 Å². The second-order valence-electron chi connectivity index (χ2n) is 3.91. The Bertz CT molecular complexity index is 473. The number of nitrogens with two attached hydrogens (primary N) is 1. The predicted molar refractivity (Wildman–Crippen MR) is 59.6 cm³/mol. The van der Waals surface area contributed by atoms with E-state index in [2.05, 4.69) is 4.98 Å². The highest BCUT2D eigenvalue weighted by Gasteiger charge is 2.21. The molecule has 0 saturated heterocycles. The second kappa shape index (κ2) is 3.79. The lowest BCUT2D eigenvalue weighted by Crippen LogP contribution is -2.31. The Morgan fingerprint density at radius 2 is 2.07 bits per heavy atom. The maximum Gasteiger partial charge on any atom is 0.199 e. The Morgan fingerprint density at radius 1 is 1.40 bits per heavy atom. The zero-order chi connectivity index (χ0) is 10.3. The van der Waals surface area contributed by atoms with E-state index in [1.54, 1.807) is 32.2 Å². The van der Waals surface area contributed by atoms with Crippen LogP contribution in [0.5, 0.6) is 0 Å². The van der Waals surface area contributed by atoms with Crippen LogP contribution in [0.4, 0.5) is 4.39 Å². The lowest BCUT2D eigenvalue weighted by Gasteiger charge is -2.17. The third-order valence-electron chi connectivity index (χ3n) is 2.08. The van der Waals surface area contributed by atoms with Crippen molar-refractivity contribution in [3.8, 4) is 0 Å². The summed E-state index contributed by atoms with van der Waals surface area (Å²) in [6.45, 7) is 3.60. The topological polar surface area (TPSA) is 43.3 Å². The highest BCUT2D eigenvalue weighted by molar-refractivity contribution is 5.85. The third kappa shape index (κ3) is 1.96. The molecule has 82 valence electrons. The molecule has 2 rings (SSSR count). The monoisotopic (exact) mass is 229 g/mol. The number of halogens is 2. The highest BCUT2D eigenvalue weighted by atomic mass is 35.5. The van der Waals surface area contributed by atoms with Crippen LogP contribution >= 0.6 is 12.4 Å². The molecule has 0 spiro atoms. The van der Waals surface area contributed by atoms with Crippen LogP contribution in [-0.4, -0.2) is 9.38 Å². The fraction of sp³-hybridized carbons (Fsp3) is 0.300. The van der Waals surface area contributed by atoms with Gasteiger partial charge < -0.3 is 5.73 Å². The molecule has 2 aromatic rings. The SMILES string of the molecule is CC(C)(N)c1ncc2cccc(F)n12.Cl. The van der Waals surface area contributed by atoms with Gasteiger partial charge in [-0.15, -0.1) is 12.4 Å². The Balaban J connectivity index is 0.00000112. The molecule has 0 unspecified atom stereocenters. The quantitative estimate of drug-likeness (QED) is 0.761. The lowest BCUT2D eigenvalue weighted by atomic mass is 10.1. The molecule has 0 aromatic carbocycles. The van der Waals surface area contributed by atoms with Gasteiger partial charge in [0.05, 0.1) is 17.3 Å². The van der Waals surface area contributed by atoms with E-state index in [1.807, 2.05) is 0 Å². The molecular weight excluding hydrogens is 217 g/mol. The van der Waals surface area contributed by atoms with Gasteiger partial charge in [-0.1, -0.05) is 6.07 Å². The molecule has 0 fully saturated rings. The number of aromatic nitrogens is 2. The number of rotatable bonds is 1. The van der Waals surface area contributed by atoms with Crippen LogP contribution in [0.15, 0.2) is 24.4 Å². The maximum absolute atomic E-state index is 13.5. The molecule has 0 atom stereocenters. The van der Waals surface area contributed by atoms with E-state index in [0.29, 0.717) is 5.82 Å². The molecule has 0 bridgehead atoms. The Morgan fingerprint density at radius 3 is 2.67 bits per heavy atom. The van der Waals surface area contributed by atoms with Crippen LogP contribution in [0.25, 0.3) is 5.52 Å². The van der Waals surface area contributed by atoms with Gasteiger partial charge in [-0.25, -0.2) is 4.98 Å². The molecule has 2 N–H and O–H groups in total. The van der Waals surface area contributed by atoms with Gasteiger partial charge in [0, 0.05) is 0 Å². The van der Waals surface area contributed by atoms with E-state index in [4.69, 9.17) is 5.73 Å². The minimum atomic E-state index is -0.644. The first-order valence-electron chi connectivity index (χ1n) is 4.41. The van der Waals surface area contributed by atoms with E-state index < -0.39 is 5.54 Å². The van der Waals surface area contributed by atoms with Crippen LogP contribution < -0.4 is 5.73 Å². The molecule has 2 aromatic heterocycles. The van der Waals surface area contributed by atoms with Crippen molar-refractivity contribution in [1.29, 1.82) is 0 Å². The fourth-order valence-corrected chi connectivity index (χ4v) is 1.46. The molecule has 0 saturated carbocycles. The second-order valence-corrected chi connectivity index (χ2v) is 3.91. The first kappa shape index (κ1) is 11.9. The normalized spacial score (nSPS) is 11.5. The van der Waals surface area contributed by atoms with Crippen LogP contribution in [-0.2, 0) is 5.54 Å². The van der Waals surface area contributed by atoms with Crippen molar-refractivity contribution in [3.63, 3.8) is 0 Å². The van der Waals surface area contributed by atoms with Crippen molar-refractivity contribution in [1.82, 2.24) is 9.38 Å². The summed E-state index contributed by atoms with van der Waals surface area (Å²) in [6, 6.07) is 4.84. The molecule has 0 amide bonds. The van der Waals surface area contributed by atoms with Crippen LogP contribution in [0.1, 0.15) is 19.7 Å². The number of pyridine rings is 1. The van der Waals surface area contributed by atoms with Crippen molar-refractivity contribution in [2.45, 2.75) is 19.4 Å². The average molecular weight is 230 g/mol. The first-order valence-corrected chi connectivity index (χ1v) is 4.41. The summed E-state index contributed by atoms with van der Waals surface area (Å²) in [5.41, 5.74) is 5.96. The van der Waals surface area contributed by atoms with Crippen LogP contribution in [0.2, 0.25) is 0 Å². The summed E-state index contributed by atoms with van der Waals surface area (Å²) in [6.07, 6.45) is 1.62. The molecule has 15 heavy (non-hydrogen) atoms. The third-order valence-corrected chi connectivity index (χ3v) is 2.08. The van der Waals surface area contributed by atoms with Gasteiger partial charge in [-0.2, -0.15) is 4.39 Å². The minimum Gasteiger partial charge on any atom is -0.319 e. The average Bonchev–Trinajstić information content (AvgIpc) is 2.47. The van der Waals surface area contributed by atoms with Gasteiger partial charge in [-0.3, -0.25) is 4.40 Å².